The Morgan fingerprint density at radius 2 is 1.74 bits per heavy atom. The molecule has 0 heterocycles. The second-order valence-electron chi connectivity index (χ2n) is 8.65. The first-order valence-corrected chi connectivity index (χ1v) is 12.1. The van der Waals surface area contributed by atoms with Crippen LogP contribution < -0.4 is 4.74 Å². The number of hydrogen-bond acceptors (Lipinski definition) is 3. The minimum absolute atomic E-state index is 0.0795. The van der Waals surface area contributed by atoms with Crippen LogP contribution in [0.3, 0.4) is 0 Å². The fraction of sp³-hybridized carbons (Fsp3) is 0.357. The zero-order valence-electron chi connectivity index (χ0n) is 19.8. The van der Waals surface area contributed by atoms with Gasteiger partial charge in [0.2, 0.25) is 0 Å². The maximum absolute atomic E-state index is 13.4. The standard InChI is InChI=1S/C28H31ClF3NO2/c1-21(23-9-3-2-4-10-23)19-33(20-24-11-6-13-26(27(24)29)28(30,31)32)15-7-17-35-25-12-5-8-22(18-25)14-16-34/h2-6,8-13,18,21,34H,7,14-17,19-20H2,1H3/t21-/m1/s1. The molecule has 0 saturated carbocycles. The minimum Gasteiger partial charge on any atom is -0.494 e. The highest BCUT2D eigenvalue weighted by Crippen LogP contribution is 2.36. The minimum atomic E-state index is -4.49. The lowest BCUT2D eigenvalue weighted by Crippen LogP contribution is -2.30. The number of alkyl halides is 3. The van der Waals surface area contributed by atoms with Gasteiger partial charge in [-0.1, -0.05) is 73.1 Å². The van der Waals surface area contributed by atoms with Crippen molar-refractivity contribution in [3.63, 3.8) is 0 Å². The maximum atomic E-state index is 13.4. The molecule has 0 spiro atoms. The third-order valence-electron chi connectivity index (χ3n) is 5.87. The van der Waals surface area contributed by atoms with Gasteiger partial charge in [0.15, 0.2) is 0 Å². The van der Waals surface area contributed by atoms with Crippen molar-refractivity contribution in [1.29, 1.82) is 0 Å². The molecule has 0 aromatic heterocycles. The molecule has 3 aromatic carbocycles. The number of ether oxygens (including phenoxy) is 1. The number of hydrogen-bond donors (Lipinski definition) is 1. The van der Waals surface area contributed by atoms with Gasteiger partial charge >= 0.3 is 6.18 Å². The lowest BCUT2D eigenvalue weighted by atomic mass is 10.00. The van der Waals surface area contributed by atoms with E-state index in [2.05, 4.69) is 24.0 Å². The van der Waals surface area contributed by atoms with Crippen LogP contribution >= 0.6 is 11.6 Å². The molecule has 0 aliphatic carbocycles. The van der Waals surface area contributed by atoms with Gasteiger partial charge in [-0.15, -0.1) is 0 Å². The van der Waals surface area contributed by atoms with Gasteiger partial charge in [0.05, 0.1) is 17.2 Å². The molecule has 0 bridgehead atoms. The van der Waals surface area contributed by atoms with Crippen molar-refractivity contribution in [3.05, 3.63) is 100 Å². The van der Waals surface area contributed by atoms with E-state index in [9.17, 15) is 13.2 Å². The van der Waals surface area contributed by atoms with E-state index >= 15 is 0 Å². The van der Waals surface area contributed by atoms with Crippen molar-refractivity contribution in [2.45, 2.75) is 38.4 Å². The molecule has 3 rings (SSSR count). The maximum Gasteiger partial charge on any atom is 0.417 e. The molecule has 1 atom stereocenters. The van der Waals surface area contributed by atoms with Crippen LogP contribution in [0.4, 0.5) is 13.2 Å². The summed E-state index contributed by atoms with van der Waals surface area (Å²) in [5, 5.41) is 8.88. The predicted molar refractivity (Wildman–Crippen MR) is 134 cm³/mol. The molecule has 0 fully saturated rings. The fourth-order valence-electron chi connectivity index (χ4n) is 4.07. The highest BCUT2D eigenvalue weighted by Gasteiger charge is 2.34. The number of rotatable bonds is 12. The molecular weight excluding hydrogens is 475 g/mol. The van der Waals surface area contributed by atoms with E-state index in [1.807, 2.05) is 42.5 Å². The number of aliphatic hydroxyl groups is 1. The van der Waals surface area contributed by atoms with E-state index in [0.717, 1.165) is 17.4 Å². The Kier molecular flexibility index (Phi) is 10.0. The van der Waals surface area contributed by atoms with Crippen molar-refractivity contribution in [1.82, 2.24) is 4.90 Å². The summed E-state index contributed by atoms with van der Waals surface area (Å²) in [4.78, 5) is 2.13. The van der Waals surface area contributed by atoms with Crippen molar-refractivity contribution in [2.75, 3.05) is 26.3 Å². The normalized spacial score (nSPS) is 12.7. The van der Waals surface area contributed by atoms with Crippen LogP contribution in [-0.4, -0.2) is 36.3 Å². The molecule has 0 radical (unpaired) electrons. The molecule has 188 valence electrons. The molecule has 7 heteroatoms. The van der Waals surface area contributed by atoms with E-state index in [1.165, 1.54) is 11.6 Å². The Balaban J connectivity index is 1.68. The van der Waals surface area contributed by atoms with Gasteiger partial charge in [0.1, 0.15) is 5.75 Å². The highest BCUT2D eigenvalue weighted by molar-refractivity contribution is 6.32. The fourth-order valence-corrected chi connectivity index (χ4v) is 4.36. The van der Waals surface area contributed by atoms with Gasteiger partial charge in [-0.3, -0.25) is 4.90 Å². The van der Waals surface area contributed by atoms with Crippen molar-refractivity contribution in [3.8, 4) is 5.75 Å². The first kappa shape index (κ1) is 27.1. The number of benzene rings is 3. The molecular formula is C28H31ClF3NO2. The molecule has 0 unspecified atom stereocenters. The SMILES string of the molecule is C[C@H](CN(CCCOc1cccc(CCO)c1)Cc1cccc(C(F)(F)F)c1Cl)c1ccccc1. The van der Waals surface area contributed by atoms with E-state index < -0.39 is 11.7 Å². The second-order valence-corrected chi connectivity index (χ2v) is 9.02. The molecule has 0 aliphatic rings. The van der Waals surface area contributed by atoms with Crippen LogP contribution in [0.25, 0.3) is 0 Å². The van der Waals surface area contributed by atoms with Gasteiger partial charge in [0, 0.05) is 26.2 Å². The van der Waals surface area contributed by atoms with E-state index in [4.69, 9.17) is 21.4 Å². The average molecular weight is 506 g/mol. The molecule has 1 N–H and O–H groups in total. The zero-order valence-corrected chi connectivity index (χ0v) is 20.5. The van der Waals surface area contributed by atoms with Crippen LogP contribution in [0.1, 0.15) is 41.5 Å². The summed E-state index contributed by atoms with van der Waals surface area (Å²) >= 11 is 6.18. The summed E-state index contributed by atoms with van der Waals surface area (Å²) in [5.41, 5.74) is 1.82. The van der Waals surface area contributed by atoms with E-state index in [1.54, 1.807) is 6.07 Å². The van der Waals surface area contributed by atoms with Crippen molar-refractivity contribution < 1.29 is 23.0 Å². The number of nitrogens with zero attached hydrogens (tertiary/aromatic N) is 1. The third kappa shape index (κ3) is 8.27. The van der Waals surface area contributed by atoms with Crippen LogP contribution in [0.15, 0.2) is 72.8 Å². The predicted octanol–water partition coefficient (Wildman–Crippen LogP) is 6.97. The average Bonchev–Trinajstić information content (AvgIpc) is 2.83. The Morgan fingerprint density at radius 3 is 2.46 bits per heavy atom. The number of aliphatic hydroxyl groups excluding tert-OH is 1. The molecule has 3 nitrogen and oxygen atoms in total. The Morgan fingerprint density at radius 1 is 1.00 bits per heavy atom. The summed E-state index contributed by atoms with van der Waals surface area (Å²) in [5.74, 6) is 0.929. The van der Waals surface area contributed by atoms with Gasteiger partial charge < -0.3 is 9.84 Å². The zero-order chi connectivity index (χ0) is 25.3. The Bertz CT molecular complexity index is 1060. The van der Waals surface area contributed by atoms with Crippen molar-refractivity contribution >= 4 is 11.6 Å². The summed E-state index contributed by atoms with van der Waals surface area (Å²) in [6.07, 6.45) is -3.23. The summed E-state index contributed by atoms with van der Waals surface area (Å²) in [6.45, 7) is 4.28. The molecule has 35 heavy (non-hydrogen) atoms. The van der Waals surface area contributed by atoms with E-state index in [0.29, 0.717) is 44.6 Å². The summed E-state index contributed by atoms with van der Waals surface area (Å²) in [7, 11) is 0. The quantitative estimate of drug-likeness (QED) is 0.270. The molecule has 0 saturated heterocycles. The van der Waals surface area contributed by atoms with Crippen LogP contribution in [0.2, 0.25) is 5.02 Å². The van der Waals surface area contributed by atoms with Gasteiger partial charge in [-0.2, -0.15) is 13.2 Å². The highest BCUT2D eigenvalue weighted by atomic mass is 35.5. The topological polar surface area (TPSA) is 32.7 Å². The number of halogens is 4. The molecule has 0 amide bonds. The van der Waals surface area contributed by atoms with E-state index in [-0.39, 0.29) is 17.5 Å². The first-order chi connectivity index (χ1) is 16.8. The largest absolute Gasteiger partial charge is 0.494 e. The van der Waals surface area contributed by atoms with Gasteiger partial charge in [-0.25, -0.2) is 0 Å². The second kappa shape index (κ2) is 13.0. The molecule has 3 aromatic rings. The Hall–Kier alpha value is -2.54. The lowest BCUT2D eigenvalue weighted by Gasteiger charge is -2.27. The summed E-state index contributed by atoms with van der Waals surface area (Å²) in [6, 6.07) is 21.7. The third-order valence-corrected chi connectivity index (χ3v) is 6.31. The monoisotopic (exact) mass is 505 g/mol. The Labute approximate surface area is 210 Å². The molecule has 0 aliphatic heterocycles. The van der Waals surface area contributed by atoms with Crippen LogP contribution in [0.5, 0.6) is 5.75 Å². The summed E-state index contributed by atoms with van der Waals surface area (Å²) < 4.78 is 46.0. The lowest BCUT2D eigenvalue weighted by molar-refractivity contribution is -0.137. The van der Waals surface area contributed by atoms with Gasteiger partial charge in [-0.05, 0) is 53.6 Å². The first-order valence-electron chi connectivity index (χ1n) is 11.7. The van der Waals surface area contributed by atoms with Gasteiger partial charge in [0.25, 0.3) is 0 Å². The smallest absolute Gasteiger partial charge is 0.417 e. The van der Waals surface area contributed by atoms with Crippen molar-refractivity contribution in [2.24, 2.45) is 0 Å². The van der Waals surface area contributed by atoms with Crippen LogP contribution in [0, 0.1) is 0 Å². The van der Waals surface area contributed by atoms with Crippen LogP contribution in [-0.2, 0) is 19.1 Å².